The lowest BCUT2D eigenvalue weighted by atomic mass is 10.1. The molecular formula is C18H19ClO4. The summed E-state index contributed by atoms with van der Waals surface area (Å²) in [4.78, 5) is 11.1. The van der Waals surface area contributed by atoms with Crippen LogP contribution in [0.1, 0.15) is 18.1 Å². The van der Waals surface area contributed by atoms with Crippen LogP contribution in [0.25, 0.3) is 0 Å². The molecule has 2 aromatic rings. The molecule has 5 heteroatoms. The molecule has 2 rings (SSSR count). The van der Waals surface area contributed by atoms with E-state index in [1.165, 1.54) is 0 Å². The highest BCUT2D eigenvalue weighted by atomic mass is 35.5. The van der Waals surface area contributed by atoms with E-state index in [-0.39, 0.29) is 6.42 Å². The molecule has 0 unspecified atom stereocenters. The van der Waals surface area contributed by atoms with Crippen molar-refractivity contribution in [2.75, 3.05) is 6.61 Å². The number of carboxylic acid groups (broad SMARTS) is 1. The Bertz CT molecular complexity index is 643. The Morgan fingerprint density at radius 2 is 1.96 bits per heavy atom. The number of carboxylic acids is 1. The van der Waals surface area contributed by atoms with E-state index in [1.807, 2.05) is 30.3 Å². The lowest BCUT2D eigenvalue weighted by Gasteiger charge is -2.14. The van der Waals surface area contributed by atoms with Gasteiger partial charge in [-0.05, 0) is 30.2 Å². The van der Waals surface area contributed by atoms with Crippen LogP contribution in [0.3, 0.4) is 0 Å². The SMILES string of the molecule is CCO[C@@H](Cc1ccc(OCc2ccccc2)cc1Cl)C(=O)O. The molecule has 122 valence electrons. The zero-order chi connectivity index (χ0) is 16.7. The molecule has 0 aliphatic rings. The molecule has 1 atom stereocenters. The third-order valence-corrected chi connectivity index (χ3v) is 3.67. The first-order chi connectivity index (χ1) is 11.1. The minimum atomic E-state index is -0.993. The second-order valence-electron chi connectivity index (χ2n) is 5.01. The molecule has 0 aliphatic carbocycles. The zero-order valence-corrected chi connectivity index (χ0v) is 13.6. The largest absolute Gasteiger partial charge is 0.489 e. The minimum Gasteiger partial charge on any atom is -0.489 e. The number of ether oxygens (including phenoxy) is 2. The van der Waals surface area contributed by atoms with Crippen molar-refractivity contribution in [1.29, 1.82) is 0 Å². The maximum Gasteiger partial charge on any atom is 0.333 e. The summed E-state index contributed by atoms with van der Waals surface area (Å²) in [5.74, 6) is -0.349. The van der Waals surface area contributed by atoms with Crippen molar-refractivity contribution in [3.8, 4) is 5.75 Å². The molecule has 0 fully saturated rings. The predicted molar refractivity (Wildman–Crippen MR) is 89.0 cm³/mol. The number of hydrogen-bond donors (Lipinski definition) is 1. The van der Waals surface area contributed by atoms with E-state index < -0.39 is 12.1 Å². The van der Waals surface area contributed by atoms with Crippen molar-refractivity contribution in [1.82, 2.24) is 0 Å². The molecule has 0 bridgehead atoms. The van der Waals surface area contributed by atoms with Crippen LogP contribution in [0.2, 0.25) is 5.02 Å². The van der Waals surface area contributed by atoms with Crippen molar-refractivity contribution < 1.29 is 19.4 Å². The summed E-state index contributed by atoms with van der Waals surface area (Å²) in [6.45, 7) is 2.55. The number of carbonyl (C=O) groups is 1. The van der Waals surface area contributed by atoms with Crippen molar-refractivity contribution in [3.05, 3.63) is 64.7 Å². The minimum absolute atomic E-state index is 0.223. The number of benzene rings is 2. The molecule has 23 heavy (non-hydrogen) atoms. The number of rotatable bonds is 8. The van der Waals surface area contributed by atoms with Gasteiger partial charge < -0.3 is 14.6 Å². The standard InChI is InChI=1S/C18H19ClO4/c1-2-22-17(18(20)21)10-14-8-9-15(11-16(14)19)23-12-13-6-4-3-5-7-13/h3-9,11,17H,2,10,12H2,1H3,(H,20,21)/t17-/m0/s1. The summed E-state index contributed by atoms with van der Waals surface area (Å²) in [5.41, 5.74) is 1.79. The van der Waals surface area contributed by atoms with Gasteiger partial charge in [0.15, 0.2) is 6.10 Å². The van der Waals surface area contributed by atoms with Gasteiger partial charge in [-0.2, -0.15) is 0 Å². The maximum absolute atomic E-state index is 11.1. The number of aliphatic carboxylic acids is 1. The molecule has 4 nitrogen and oxygen atoms in total. The fourth-order valence-electron chi connectivity index (χ4n) is 2.14. The molecule has 0 spiro atoms. The smallest absolute Gasteiger partial charge is 0.333 e. The van der Waals surface area contributed by atoms with E-state index >= 15 is 0 Å². The van der Waals surface area contributed by atoms with Crippen molar-refractivity contribution >= 4 is 17.6 Å². The quantitative estimate of drug-likeness (QED) is 0.794. The number of halogens is 1. The Labute approximate surface area is 140 Å². The Kier molecular flexibility index (Phi) is 6.44. The zero-order valence-electron chi connectivity index (χ0n) is 12.9. The van der Waals surface area contributed by atoms with Crippen LogP contribution >= 0.6 is 11.6 Å². The van der Waals surface area contributed by atoms with Gasteiger partial charge in [0.2, 0.25) is 0 Å². The summed E-state index contributed by atoms with van der Waals surface area (Å²) >= 11 is 6.23. The van der Waals surface area contributed by atoms with E-state index in [1.54, 1.807) is 25.1 Å². The Morgan fingerprint density at radius 3 is 2.57 bits per heavy atom. The normalized spacial score (nSPS) is 11.9. The van der Waals surface area contributed by atoms with Crippen LogP contribution in [0.5, 0.6) is 5.75 Å². The molecular weight excluding hydrogens is 316 g/mol. The van der Waals surface area contributed by atoms with E-state index in [0.29, 0.717) is 24.0 Å². The second-order valence-corrected chi connectivity index (χ2v) is 5.42. The van der Waals surface area contributed by atoms with Crippen LogP contribution in [-0.4, -0.2) is 23.8 Å². The maximum atomic E-state index is 11.1. The van der Waals surface area contributed by atoms with Crippen molar-refractivity contribution in [2.45, 2.75) is 26.1 Å². The lowest BCUT2D eigenvalue weighted by molar-refractivity contribution is -0.149. The first-order valence-electron chi connectivity index (χ1n) is 7.39. The van der Waals surface area contributed by atoms with Crippen molar-refractivity contribution in [2.24, 2.45) is 0 Å². The van der Waals surface area contributed by atoms with Crippen LogP contribution < -0.4 is 4.74 Å². The second kappa shape index (κ2) is 8.56. The predicted octanol–water partition coefficient (Wildman–Crippen LogP) is 3.95. The van der Waals surface area contributed by atoms with E-state index in [9.17, 15) is 4.79 Å². The third kappa shape index (κ3) is 5.27. The topological polar surface area (TPSA) is 55.8 Å². The molecule has 0 radical (unpaired) electrons. The summed E-state index contributed by atoms with van der Waals surface area (Å²) in [6.07, 6.45) is -0.672. The summed E-state index contributed by atoms with van der Waals surface area (Å²) < 4.78 is 10.9. The monoisotopic (exact) mass is 334 g/mol. The van der Waals surface area contributed by atoms with E-state index in [0.717, 1.165) is 11.1 Å². The Balaban J connectivity index is 2.01. The van der Waals surface area contributed by atoms with Crippen LogP contribution in [0.15, 0.2) is 48.5 Å². The summed E-state index contributed by atoms with van der Waals surface area (Å²) in [6, 6.07) is 15.1. The molecule has 1 N–H and O–H groups in total. The molecule has 0 aromatic heterocycles. The van der Waals surface area contributed by atoms with Gasteiger partial charge in [0, 0.05) is 18.1 Å². The number of hydrogen-bond acceptors (Lipinski definition) is 3. The van der Waals surface area contributed by atoms with Crippen LogP contribution in [0, 0.1) is 0 Å². The molecule has 2 aromatic carbocycles. The third-order valence-electron chi connectivity index (χ3n) is 3.32. The van der Waals surface area contributed by atoms with Gasteiger partial charge in [-0.1, -0.05) is 48.0 Å². The first-order valence-corrected chi connectivity index (χ1v) is 7.77. The van der Waals surface area contributed by atoms with Crippen molar-refractivity contribution in [3.63, 3.8) is 0 Å². The van der Waals surface area contributed by atoms with Gasteiger partial charge in [0.25, 0.3) is 0 Å². The molecule has 0 saturated carbocycles. The van der Waals surface area contributed by atoms with E-state index in [4.69, 9.17) is 26.2 Å². The van der Waals surface area contributed by atoms with Crippen LogP contribution in [0.4, 0.5) is 0 Å². The molecule has 0 amide bonds. The van der Waals surface area contributed by atoms with Gasteiger partial charge in [-0.3, -0.25) is 0 Å². The Hall–Kier alpha value is -2.04. The first kappa shape index (κ1) is 17.3. The Morgan fingerprint density at radius 1 is 1.22 bits per heavy atom. The van der Waals surface area contributed by atoms with Gasteiger partial charge in [-0.25, -0.2) is 4.79 Å². The van der Waals surface area contributed by atoms with Crippen LogP contribution in [-0.2, 0) is 22.6 Å². The molecule has 0 heterocycles. The summed E-state index contributed by atoms with van der Waals surface area (Å²) in [7, 11) is 0. The lowest BCUT2D eigenvalue weighted by Crippen LogP contribution is -2.26. The fraction of sp³-hybridized carbons (Fsp3) is 0.278. The van der Waals surface area contributed by atoms with Gasteiger partial charge in [0.1, 0.15) is 12.4 Å². The average Bonchev–Trinajstić information content (AvgIpc) is 2.55. The highest BCUT2D eigenvalue weighted by Gasteiger charge is 2.19. The summed E-state index contributed by atoms with van der Waals surface area (Å²) in [5, 5.41) is 9.60. The van der Waals surface area contributed by atoms with Gasteiger partial charge in [0.05, 0.1) is 0 Å². The molecule has 0 aliphatic heterocycles. The van der Waals surface area contributed by atoms with Gasteiger partial charge in [-0.15, -0.1) is 0 Å². The van der Waals surface area contributed by atoms with E-state index in [2.05, 4.69) is 0 Å². The fourth-order valence-corrected chi connectivity index (χ4v) is 2.39. The van der Waals surface area contributed by atoms with Gasteiger partial charge >= 0.3 is 5.97 Å². The highest BCUT2D eigenvalue weighted by Crippen LogP contribution is 2.25. The average molecular weight is 335 g/mol. The molecule has 0 saturated heterocycles. The highest BCUT2D eigenvalue weighted by molar-refractivity contribution is 6.31.